The summed E-state index contributed by atoms with van der Waals surface area (Å²) in [6.45, 7) is 1.95. The van der Waals surface area contributed by atoms with Crippen LogP contribution in [-0.2, 0) is 16.9 Å². The van der Waals surface area contributed by atoms with Crippen LogP contribution in [0.4, 0.5) is 0 Å². The molecule has 1 spiro atoms. The SMILES string of the molecule is COc1ccc2c(C(=O)N3CC[C@@]4(C3)OCc3ccccc34)cccc2c1. The molecule has 1 saturated heterocycles. The minimum Gasteiger partial charge on any atom is -0.497 e. The van der Waals surface area contributed by atoms with Gasteiger partial charge in [0.15, 0.2) is 0 Å². The first-order chi connectivity index (χ1) is 13.2. The average molecular weight is 359 g/mol. The number of amides is 1. The minimum atomic E-state index is -0.347. The number of rotatable bonds is 2. The average Bonchev–Trinajstić information content (AvgIpc) is 3.32. The normalized spacial score (nSPS) is 21.0. The molecule has 0 aliphatic carbocycles. The third kappa shape index (κ3) is 2.52. The number of hydrogen-bond acceptors (Lipinski definition) is 3. The lowest BCUT2D eigenvalue weighted by atomic mass is 9.92. The highest BCUT2D eigenvalue weighted by molar-refractivity contribution is 6.07. The molecule has 4 nitrogen and oxygen atoms in total. The van der Waals surface area contributed by atoms with Crippen molar-refractivity contribution in [3.63, 3.8) is 0 Å². The molecule has 136 valence electrons. The molecule has 3 aromatic rings. The van der Waals surface area contributed by atoms with Gasteiger partial charge in [-0.1, -0.05) is 36.4 Å². The highest BCUT2D eigenvalue weighted by atomic mass is 16.5. The summed E-state index contributed by atoms with van der Waals surface area (Å²) in [4.78, 5) is 15.2. The second-order valence-electron chi connectivity index (χ2n) is 7.31. The fourth-order valence-electron chi connectivity index (χ4n) is 4.42. The molecule has 2 aliphatic rings. The quantitative estimate of drug-likeness (QED) is 0.691. The Morgan fingerprint density at radius 2 is 2.00 bits per heavy atom. The number of likely N-dealkylation sites (tertiary alicyclic amines) is 1. The first kappa shape index (κ1) is 16.3. The van der Waals surface area contributed by atoms with Crippen molar-refractivity contribution >= 4 is 16.7 Å². The summed E-state index contributed by atoms with van der Waals surface area (Å²) >= 11 is 0. The topological polar surface area (TPSA) is 38.8 Å². The largest absolute Gasteiger partial charge is 0.497 e. The molecule has 3 aromatic carbocycles. The fraction of sp³-hybridized carbons (Fsp3) is 0.261. The summed E-state index contributed by atoms with van der Waals surface area (Å²) in [5.41, 5.74) is 2.87. The monoisotopic (exact) mass is 359 g/mol. The lowest BCUT2D eigenvalue weighted by Gasteiger charge is -2.25. The Hall–Kier alpha value is -2.85. The molecule has 0 N–H and O–H groups in total. The number of ether oxygens (including phenoxy) is 2. The molecule has 0 saturated carbocycles. The molecule has 1 amide bonds. The lowest BCUT2D eigenvalue weighted by molar-refractivity contribution is -0.0282. The predicted molar refractivity (Wildman–Crippen MR) is 104 cm³/mol. The van der Waals surface area contributed by atoms with Gasteiger partial charge in [0.1, 0.15) is 11.4 Å². The molecule has 2 aliphatic heterocycles. The van der Waals surface area contributed by atoms with Crippen LogP contribution < -0.4 is 4.74 Å². The zero-order valence-corrected chi connectivity index (χ0v) is 15.3. The van der Waals surface area contributed by atoms with E-state index in [1.807, 2.05) is 47.4 Å². The molecule has 1 fully saturated rings. The maximum Gasteiger partial charge on any atom is 0.254 e. The van der Waals surface area contributed by atoms with Gasteiger partial charge in [-0.2, -0.15) is 0 Å². The highest BCUT2D eigenvalue weighted by Gasteiger charge is 2.46. The summed E-state index contributed by atoms with van der Waals surface area (Å²) in [5.74, 6) is 0.860. The molecule has 0 aromatic heterocycles. The molecule has 5 rings (SSSR count). The number of methoxy groups -OCH3 is 1. The standard InChI is InChI=1S/C23H21NO3/c1-26-18-9-10-19-16(13-18)6-4-7-20(19)22(25)24-12-11-23(15-24)21-8-3-2-5-17(21)14-27-23/h2-10,13H,11-12,14-15H2,1H3/t23-/m0/s1. The van der Waals surface area contributed by atoms with Crippen LogP contribution in [0.1, 0.15) is 27.9 Å². The lowest BCUT2D eigenvalue weighted by Crippen LogP contribution is -2.34. The van der Waals surface area contributed by atoms with Gasteiger partial charge >= 0.3 is 0 Å². The van der Waals surface area contributed by atoms with E-state index in [0.29, 0.717) is 19.7 Å². The van der Waals surface area contributed by atoms with E-state index in [0.717, 1.165) is 28.5 Å². The van der Waals surface area contributed by atoms with Crippen molar-refractivity contribution in [2.24, 2.45) is 0 Å². The molecule has 0 bridgehead atoms. The zero-order valence-electron chi connectivity index (χ0n) is 15.3. The molecule has 0 radical (unpaired) electrons. The summed E-state index contributed by atoms with van der Waals surface area (Å²) in [5, 5.41) is 1.97. The number of nitrogens with zero attached hydrogens (tertiary/aromatic N) is 1. The van der Waals surface area contributed by atoms with Crippen molar-refractivity contribution in [2.75, 3.05) is 20.2 Å². The molecular formula is C23H21NO3. The summed E-state index contributed by atoms with van der Waals surface area (Å²) < 4.78 is 11.5. The van der Waals surface area contributed by atoms with Crippen molar-refractivity contribution in [2.45, 2.75) is 18.6 Å². The number of benzene rings is 3. The Morgan fingerprint density at radius 1 is 1.11 bits per heavy atom. The Morgan fingerprint density at radius 3 is 2.89 bits per heavy atom. The fourth-order valence-corrected chi connectivity index (χ4v) is 4.42. The third-order valence-corrected chi connectivity index (χ3v) is 5.85. The van der Waals surface area contributed by atoms with Crippen LogP contribution in [-0.4, -0.2) is 31.0 Å². The summed E-state index contributed by atoms with van der Waals surface area (Å²) in [6.07, 6.45) is 0.842. The number of carbonyl (C=O) groups is 1. The van der Waals surface area contributed by atoms with Gasteiger partial charge in [0.2, 0.25) is 0 Å². The summed E-state index contributed by atoms with van der Waals surface area (Å²) in [6, 6.07) is 20.0. The molecule has 2 heterocycles. The summed E-state index contributed by atoms with van der Waals surface area (Å²) in [7, 11) is 1.65. The molecule has 27 heavy (non-hydrogen) atoms. The third-order valence-electron chi connectivity index (χ3n) is 5.85. The van der Waals surface area contributed by atoms with Gasteiger partial charge < -0.3 is 14.4 Å². The van der Waals surface area contributed by atoms with Crippen molar-refractivity contribution in [3.8, 4) is 5.75 Å². The van der Waals surface area contributed by atoms with Crippen LogP contribution in [0.5, 0.6) is 5.75 Å². The van der Waals surface area contributed by atoms with E-state index in [-0.39, 0.29) is 11.5 Å². The van der Waals surface area contributed by atoms with E-state index in [9.17, 15) is 4.79 Å². The molecule has 4 heteroatoms. The Labute approximate surface area is 158 Å². The van der Waals surface area contributed by atoms with Crippen LogP contribution in [0.15, 0.2) is 60.7 Å². The van der Waals surface area contributed by atoms with Crippen LogP contribution in [0.25, 0.3) is 10.8 Å². The number of carbonyl (C=O) groups excluding carboxylic acids is 1. The van der Waals surface area contributed by atoms with E-state index in [1.54, 1.807) is 7.11 Å². The second kappa shape index (κ2) is 6.10. The van der Waals surface area contributed by atoms with Crippen molar-refractivity contribution < 1.29 is 14.3 Å². The maximum atomic E-state index is 13.3. The van der Waals surface area contributed by atoms with E-state index in [4.69, 9.17) is 9.47 Å². The van der Waals surface area contributed by atoms with Gasteiger partial charge in [-0.25, -0.2) is 0 Å². The second-order valence-corrected chi connectivity index (χ2v) is 7.31. The van der Waals surface area contributed by atoms with Gasteiger partial charge in [-0.05, 0) is 52.6 Å². The van der Waals surface area contributed by atoms with Crippen LogP contribution in [0.2, 0.25) is 0 Å². The van der Waals surface area contributed by atoms with Crippen molar-refractivity contribution in [1.29, 1.82) is 0 Å². The predicted octanol–water partition coefficient (Wildman–Crippen LogP) is 4.12. The van der Waals surface area contributed by atoms with E-state index in [2.05, 4.69) is 18.2 Å². The zero-order chi connectivity index (χ0) is 18.4. The molecule has 1 atom stereocenters. The van der Waals surface area contributed by atoms with Gasteiger partial charge in [-0.3, -0.25) is 4.79 Å². The van der Waals surface area contributed by atoms with Gasteiger partial charge in [0, 0.05) is 12.1 Å². The van der Waals surface area contributed by atoms with Crippen molar-refractivity contribution in [1.82, 2.24) is 4.90 Å². The van der Waals surface area contributed by atoms with Gasteiger partial charge in [0.05, 0.1) is 20.3 Å². The Bertz CT molecular complexity index is 1040. The number of hydrogen-bond donors (Lipinski definition) is 0. The maximum absolute atomic E-state index is 13.3. The van der Waals surface area contributed by atoms with Gasteiger partial charge in [-0.15, -0.1) is 0 Å². The smallest absolute Gasteiger partial charge is 0.254 e. The number of fused-ring (bicyclic) bond motifs is 3. The van der Waals surface area contributed by atoms with Crippen LogP contribution in [0.3, 0.4) is 0 Å². The van der Waals surface area contributed by atoms with E-state index < -0.39 is 0 Å². The van der Waals surface area contributed by atoms with Crippen LogP contribution in [0, 0.1) is 0 Å². The Balaban J connectivity index is 1.47. The minimum absolute atomic E-state index is 0.0654. The Kier molecular flexibility index (Phi) is 3.69. The molecular weight excluding hydrogens is 338 g/mol. The van der Waals surface area contributed by atoms with Crippen molar-refractivity contribution in [3.05, 3.63) is 77.4 Å². The highest BCUT2D eigenvalue weighted by Crippen LogP contribution is 2.43. The molecule has 0 unspecified atom stereocenters. The van der Waals surface area contributed by atoms with Gasteiger partial charge in [0.25, 0.3) is 5.91 Å². The van der Waals surface area contributed by atoms with E-state index in [1.165, 1.54) is 11.1 Å². The van der Waals surface area contributed by atoms with E-state index >= 15 is 0 Å². The first-order valence-corrected chi connectivity index (χ1v) is 9.29. The first-order valence-electron chi connectivity index (χ1n) is 9.29. The van der Waals surface area contributed by atoms with Crippen LogP contribution >= 0.6 is 0 Å².